The van der Waals surface area contributed by atoms with E-state index in [1.54, 1.807) is 0 Å². The van der Waals surface area contributed by atoms with Crippen molar-refractivity contribution in [3.63, 3.8) is 0 Å². The van der Waals surface area contributed by atoms with Gasteiger partial charge in [0.2, 0.25) is 0 Å². The lowest BCUT2D eigenvalue weighted by molar-refractivity contribution is 0.437. The molecule has 1 rings (SSSR count). The molecule has 0 aliphatic carbocycles. The molecule has 0 radical (unpaired) electrons. The third-order valence-electron chi connectivity index (χ3n) is 2.44. The first kappa shape index (κ1) is 11.5. The summed E-state index contributed by atoms with van der Waals surface area (Å²) in [5, 5.41) is 0.832. The van der Waals surface area contributed by atoms with Crippen LogP contribution in [0.1, 0.15) is 32.8 Å². The topological polar surface area (TPSA) is 26.0 Å². The van der Waals surface area contributed by atoms with E-state index in [1.807, 2.05) is 25.1 Å². The van der Waals surface area contributed by atoms with E-state index in [2.05, 4.69) is 19.9 Å². The van der Waals surface area contributed by atoms with E-state index in [0.717, 1.165) is 11.4 Å². The van der Waals surface area contributed by atoms with E-state index in [4.69, 9.17) is 17.3 Å². The Morgan fingerprint density at radius 3 is 2.43 bits per heavy atom. The molecule has 1 aromatic carbocycles. The summed E-state index contributed by atoms with van der Waals surface area (Å²) in [5.41, 5.74) is 7.05. The fourth-order valence-electron chi connectivity index (χ4n) is 1.92. The fraction of sp³-hybridized carbons (Fsp3) is 0.500. The maximum Gasteiger partial charge on any atom is 0.0443 e. The van der Waals surface area contributed by atoms with Crippen molar-refractivity contribution in [3.8, 4) is 0 Å². The minimum Gasteiger partial charge on any atom is -0.328 e. The molecule has 0 heterocycles. The summed E-state index contributed by atoms with van der Waals surface area (Å²) in [6.45, 7) is 6.38. The molecule has 2 N–H and O–H groups in total. The normalized spacial score (nSPS) is 14.1. The van der Waals surface area contributed by atoms with Crippen molar-refractivity contribution in [1.82, 2.24) is 0 Å². The lowest BCUT2D eigenvalue weighted by Gasteiger charge is -2.28. The molecule has 0 bridgehead atoms. The van der Waals surface area contributed by atoms with Gasteiger partial charge < -0.3 is 5.73 Å². The van der Waals surface area contributed by atoms with Gasteiger partial charge in [-0.3, -0.25) is 0 Å². The SMILES string of the molecule is CC(N)CC(C)(C)c1ccccc1Cl. The molecule has 1 nitrogen and oxygen atoms in total. The van der Waals surface area contributed by atoms with Gasteiger partial charge in [0.05, 0.1) is 0 Å². The van der Waals surface area contributed by atoms with Crippen LogP contribution in [0.5, 0.6) is 0 Å². The Labute approximate surface area is 91.3 Å². The maximum absolute atomic E-state index is 6.15. The van der Waals surface area contributed by atoms with Gasteiger partial charge in [-0.25, -0.2) is 0 Å². The number of hydrogen-bond acceptors (Lipinski definition) is 1. The van der Waals surface area contributed by atoms with Crippen LogP contribution in [0.15, 0.2) is 24.3 Å². The van der Waals surface area contributed by atoms with Gasteiger partial charge in [0.15, 0.2) is 0 Å². The van der Waals surface area contributed by atoms with E-state index >= 15 is 0 Å². The lowest BCUT2D eigenvalue weighted by atomic mass is 9.79. The molecule has 78 valence electrons. The number of halogens is 1. The Morgan fingerprint density at radius 1 is 1.36 bits per heavy atom. The molecule has 0 saturated carbocycles. The van der Waals surface area contributed by atoms with Gasteiger partial charge in [0, 0.05) is 11.1 Å². The molecular formula is C12H18ClN. The number of nitrogens with two attached hydrogens (primary N) is 1. The van der Waals surface area contributed by atoms with Crippen molar-refractivity contribution in [2.45, 2.75) is 38.6 Å². The summed E-state index contributed by atoms with van der Waals surface area (Å²) >= 11 is 6.15. The first-order valence-electron chi connectivity index (χ1n) is 4.94. The van der Waals surface area contributed by atoms with Crippen LogP contribution in [-0.2, 0) is 5.41 Å². The Balaban J connectivity index is 2.97. The second kappa shape index (κ2) is 4.33. The zero-order valence-corrected chi connectivity index (χ0v) is 9.81. The quantitative estimate of drug-likeness (QED) is 0.816. The zero-order valence-electron chi connectivity index (χ0n) is 9.05. The zero-order chi connectivity index (χ0) is 10.8. The number of hydrogen-bond donors (Lipinski definition) is 1. The van der Waals surface area contributed by atoms with Crippen molar-refractivity contribution in [1.29, 1.82) is 0 Å². The van der Waals surface area contributed by atoms with Crippen molar-refractivity contribution < 1.29 is 0 Å². The molecule has 2 heteroatoms. The maximum atomic E-state index is 6.15. The van der Waals surface area contributed by atoms with Crippen molar-refractivity contribution in [2.24, 2.45) is 5.73 Å². The summed E-state index contributed by atoms with van der Waals surface area (Å²) in [7, 11) is 0. The second-order valence-electron chi connectivity index (χ2n) is 4.55. The van der Waals surface area contributed by atoms with Crippen molar-refractivity contribution >= 4 is 11.6 Å². The smallest absolute Gasteiger partial charge is 0.0443 e. The monoisotopic (exact) mass is 211 g/mol. The lowest BCUT2D eigenvalue weighted by Crippen LogP contribution is -2.28. The minimum atomic E-state index is 0.0481. The highest BCUT2D eigenvalue weighted by molar-refractivity contribution is 6.31. The average Bonchev–Trinajstić information content (AvgIpc) is 2.02. The van der Waals surface area contributed by atoms with Crippen LogP contribution in [-0.4, -0.2) is 6.04 Å². The molecule has 0 spiro atoms. The van der Waals surface area contributed by atoms with Gasteiger partial charge >= 0.3 is 0 Å². The number of rotatable bonds is 3. The van der Waals surface area contributed by atoms with Crippen LogP contribution >= 0.6 is 11.6 Å². The molecule has 0 fully saturated rings. The molecule has 14 heavy (non-hydrogen) atoms. The van der Waals surface area contributed by atoms with Gasteiger partial charge in [-0.1, -0.05) is 43.6 Å². The first-order chi connectivity index (χ1) is 6.43. The van der Waals surface area contributed by atoms with Gasteiger partial charge in [0.1, 0.15) is 0 Å². The summed E-state index contributed by atoms with van der Waals surface area (Å²) < 4.78 is 0. The van der Waals surface area contributed by atoms with E-state index in [-0.39, 0.29) is 11.5 Å². The third-order valence-corrected chi connectivity index (χ3v) is 2.76. The predicted molar refractivity (Wildman–Crippen MR) is 62.7 cm³/mol. The molecule has 0 saturated heterocycles. The molecule has 1 unspecified atom stereocenters. The summed E-state index contributed by atoms with van der Waals surface area (Å²) in [6, 6.07) is 8.17. The van der Waals surface area contributed by atoms with Crippen LogP contribution in [0.25, 0.3) is 0 Å². The highest BCUT2D eigenvalue weighted by atomic mass is 35.5. The molecule has 0 amide bonds. The van der Waals surface area contributed by atoms with E-state index in [1.165, 1.54) is 5.56 Å². The summed E-state index contributed by atoms with van der Waals surface area (Å²) in [5.74, 6) is 0. The Kier molecular flexibility index (Phi) is 3.57. The highest BCUT2D eigenvalue weighted by Crippen LogP contribution is 2.32. The van der Waals surface area contributed by atoms with Gasteiger partial charge in [0.25, 0.3) is 0 Å². The number of benzene rings is 1. The van der Waals surface area contributed by atoms with Crippen LogP contribution in [0.4, 0.5) is 0 Å². The Morgan fingerprint density at radius 2 is 1.93 bits per heavy atom. The minimum absolute atomic E-state index is 0.0481. The summed E-state index contributed by atoms with van der Waals surface area (Å²) in [4.78, 5) is 0. The second-order valence-corrected chi connectivity index (χ2v) is 4.95. The fourth-order valence-corrected chi connectivity index (χ4v) is 2.32. The molecule has 0 aromatic heterocycles. The highest BCUT2D eigenvalue weighted by Gasteiger charge is 2.23. The van der Waals surface area contributed by atoms with Crippen LogP contribution in [0, 0.1) is 0 Å². The first-order valence-corrected chi connectivity index (χ1v) is 5.32. The van der Waals surface area contributed by atoms with Crippen molar-refractivity contribution in [3.05, 3.63) is 34.9 Å². The van der Waals surface area contributed by atoms with Gasteiger partial charge in [-0.15, -0.1) is 0 Å². The average molecular weight is 212 g/mol. The van der Waals surface area contributed by atoms with Crippen LogP contribution in [0.2, 0.25) is 5.02 Å². The molecule has 1 aromatic rings. The van der Waals surface area contributed by atoms with E-state index < -0.39 is 0 Å². The van der Waals surface area contributed by atoms with E-state index in [0.29, 0.717) is 0 Å². The van der Waals surface area contributed by atoms with Gasteiger partial charge in [-0.2, -0.15) is 0 Å². The molecule has 0 aliphatic heterocycles. The predicted octanol–water partition coefficient (Wildman–Crippen LogP) is 3.35. The largest absolute Gasteiger partial charge is 0.328 e. The standard InChI is InChI=1S/C12H18ClN/c1-9(14)8-12(2,3)10-6-4-5-7-11(10)13/h4-7,9H,8,14H2,1-3H3. The van der Waals surface area contributed by atoms with Crippen molar-refractivity contribution in [2.75, 3.05) is 0 Å². The molecular weight excluding hydrogens is 194 g/mol. The molecule has 1 atom stereocenters. The Hall–Kier alpha value is -0.530. The third kappa shape index (κ3) is 2.73. The van der Waals surface area contributed by atoms with Gasteiger partial charge in [-0.05, 0) is 30.4 Å². The molecule has 0 aliphatic rings. The summed E-state index contributed by atoms with van der Waals surface area (Å²) in [6.07, 6.45) is 0.941. The van der Waals surface area contributed by atoms with E-state index in [9.17, 15) is 0 Å². The van der Waals surface area contributed by atoms with Crippen LogP contribution < -0.4 is 5.73 Å². The Bertz CT molecular complexity index is 305. The van der Waals surface area contributed by atoms with Crippen LogP contribution in [0.3, 0.4) is 0 Å².